The quantitative estimate of drug-likeness (QED) is 0.538. The zero-order valence-corrected chi connectivity index (χ0v) is 15.5. The molecule has 0 atom stereocenters. The van der Waals surface area contributed by atoms with Crippen molar-refractivity contribution in [2.24, 2.45) is 0 Å². The van der Waals surface area contributed by atoms with E-state index in [1.54, 1.807) is 0 Å². The molecule has 2 aromatic carbocycles. The van der Waals surface area contributed by atoms with Crippen molar-refractivity contribution in [2.75, 3.05) is 0 Å². The molecule has 0 aliphatic rings. The van der Waals surface area contributed by atoms with Crippen LogP contribution in [0.2, 0.25) is 0 Å². The number of aromatic hydroxyl groups is 1. The van der Waals surface area contributed by atoms with Crippen LogP contribution in [0.4, 0.5) is 0 Å². The van der Waals surface area contributed by atoms with Gasteiger partial charge in [-0.05, 0) is 82.0 Å². The van der Waals surface area contributed by atoms with Crippen LogP contribution in [0.3, 0.4) is 0 Å². The average molecular weight is 408 g/mol. The van der Waals surface area contributed by atoms with Gasteiger partial charge < -0.3 is 5.11 Å². The third-order valence-electron chi connectivity index (χ3n) is 3.78. The fourth-order valence-electron chi connectivity index (χ4n) is 2.46. The van der Waals surface area contributed by atoms with Gasteiger partial charge in [-0.25, -0.2) is 0 Å². The fourth-order valence-corrected chi connectivity index (χ4v) is 2.82. The van der Waals surface area contributed by atoms with Gasteiger partial charge in [-0.15, -0.1) is 0 Å². The lowest BCUT2D eigenvalue weighted by molar-refractivity contribution is 0.103. The van der Waals surface area contributed by atoms with Crippen molar-refractivity contribution in [2.45, 2.75) is 39.5 Å². The van der Waals surface area contributed by atoms with Crippen LogP contribution in [0.5, 0.6) is 5.75 Å². The first kappa shape index (κ1) is 17.0. The molecule has 2 rings (SSSR count). The second-order valence-corrected chi connectivity index (χ2v) is 7.39. The van der Waals surface area contributed by atoms with E-state index in [0.717, 1.165) is 14.7 Å². The van der Waals surface area contributed by atoms with Crippen LogP contribution in [-0.2, 0) is 0 Å². The largest absolute Gasteiger partial charge is 0.507 e. The van der Waals surface area contributed by atoms with Crippen molar-refractivity contribution < 1.29 is 9.90 Å². The third kappa shape index (κ3) is 3.51. The predicted octanol–water partition coefficient (Wildman–Crippen LogP) is 5.47. The van der Waals surface area contributed by atoms with Crippen LogP contribution in [0.15, 0.2) is 36.4 Å². The summed E-state index contributed by atoms with van der Waals surface area (Å²) >= 11 is 2.22. The predicted molar refractivity (Wildman–Crippen MR) is 98.9 cm³/mol. The first-order chi connectivity index (χ1) is 10.3. The number of carbonyl (C=O) groups excluding carboxylic acids is 1. The molecule has 0 radical (unpaired) electrons. The molecule has 0 bridgehead atoms. The van der Waals surface area contributed by atoms with Crippen LogP contribution < -0.4 is 0 Å². The molecule has 1 N–H and O–H groups in total. The molecule has 116 valence electrons. The number of benzene rings is 2. The Morgan fingerprint density at radius 1 is 0.909 bits per heavy atom. The molecule has 0 aliphatic heterocycles. The highest BCUT2D eigenvalue weighted by Crippen LogP contribution is 2.35. The zero-order valence-electron chi connectivity index (χ0n) is 13.4. The molecule has 0 aliphatic carbocycles. The maximum absolute atomic E-state index is 12.7. The Bertz CT molecular complexity index is 656. The van der Waals surface area contributed by atoms with E-state index >= 15 is 0 Å². The lowest BCUT2D eigenvalue weighted by atomic mass is 9.89. The summed E-state index contributed by atoms with van der Waals surface area (Å²) in [6.07, 6.45) is 0. The number of phenols is 1. The van der Waals surface area contributed by atoms with E-state index in [9.17, 15) is 9.90 Å². The van der Waals surface area contributed by atoms with Crippen molar-refractivity contribution in [3.05, 3.63) is 62.2 Å². The molecule has 0 spiro atoms. The van der Waals surface area contributed by atoms with Gasteiger partial charge in [0.1, 0.15) is 5.75 Å². The SMILES string of the molecule is CC(C)c1cc(C(=O)c2ccc(I)cc2)cc(C(C)C)c1O. The van der Waals surface area contributed by atoms with Crippen LogP contribution in [0.25, 0.3) is 0 Å². The monoisotopic (exact) mass is 408 g/mol. The zero-order chi connectivity index (χ0) is 16.4. The van der Waals surface area contributed by atoms with Crippen LogP contribution >= 0.6 is 22.6 Å². The highest BCUT2D eigenvalue weighted by molar-refractivity contribution is 14.1. The van der Waals surface area contributed by atoms with Crippen LogP contribution in [0.1, 0.15) is 66.6 Å². The maximum Gasteiger partial charge on any atom is 0.193 e. The second kappa shape index (κ2) is 6.82. The molecule has 0 heterocycles. The number of hydrogen-bond acceptors (Lipinski definition) is 2. The van der Waals surface area contributed by atoms with E-state index in [1.165, 1.54) is 0 Å². The molecule has 0 amide bonds. The summed E-state index contributed by atoms with van der Waals surface area (Å²) in [5.41, 5.74) is 2.99. The minimum atomic E-state index is 0.000185. The van der Waals surface area contributed by atoms with E-state index in [1.807, 2.05) is 64.1 Å². The minimum absolute atomic E-state index is 0.000185. The number of carbonyl (C=O) groups is 1. The fraction of sp³-hybridized carbons (Fsp3) is 0.316. The number of ketones is 1. The number of phenolic OH excluding ortho intramolecular Hbond substituents is 1. The van der Waals surface area contributed by atoms with Crippen molar-refractivity contribution in [1.82, 2.24) is 0 Å². The van der Waals surface area contributed by atoms with Crippen molar-refractivity contribution in [1.29, 1.82) is 0 Å². The number of halogens is 1. The average Bonchev–Trinajstić information content (AvgIpc) is 2.47. The molecule has 0 saturated carbocycles. The van der Waals surface area contributed by atoms with Crippen molar-refractivity contribution >= 4 is 28.4 Å². The van der Waals surface area contributed by atoms with Crippen molar-refractivity contribution in [3.8, 4) is 5.75 Å². The topological polar surface area (TPSA) is 37.3 Å². The van der Waals surface area contributed by atoms with Gasteiger partial charge in [0, 0.05) is 14.7 Å². The van der Waals surface area contributed by atoms with Gasteiger partial charge in [0.25, 0.3) is 0 Å². The van der Waals surface area contributed by atoms with E-state index in [4.69, 9.17) is 0 Å². The van der Waals surface area contributed by atoms with E-state index < -0.39 is 0 Å². The Balaban J connectivity index is 2.55. The number of rotatable bonds is 4. The van der Waals surface area contributed by atoms with Gasteiger partial charge in [0.05, 0.1) is 0 Å². The van der Waals surface area contributed by atoms with E-state index in [-0.39, 0.29) is 17.6 Å². The normalized spacial score (nSPS) is 11.2. The summed E-state index contributed by atoms with van der Waals surface area (Å²) in [6, 6.07) is 11.2. The molecule has 0 aromatic heterocycles. The lowest BCUT2D eigenvalue weighted by Crippen LogP contribution is -2.05. The smallest absolute Gasteiger partial charge is 0.193 e. The van der Waals surface area contributed by atoms with Gasteiger partial charge in [-0.1, -0.05) is 27.7 Å². The molecule has 3 heteroatoms. The molecule has 2 nitrogen and oxygen atoms in total. The highest BCUT2D eigenvalue weighted by Gasteiger charge is 2.18. The Kier molecular flexibility index (Phi) is 5.27. The third-order valence-corrected chi connectivity index (χ3v) is 4.50. The Morgan fingerprint density at radius 3 is 1.77 bits per heavy atom. The Morgan fingerprint density at radius 2 is 1.36 bits per heavy atom. The van der Waals surface area contributed by atoms with Crippen LogP contribution in [0, 0.1) is 3.57 Å². The maximum atomic E-state index is 12.7. The molecular formula is C19H21IO2. The minimum Gasteiger partial charge on any atom is -0.507 e. The summed E-state index contributed by atoms with van der Waals surface area (Å²) in [5.74, 6) is 0.660. The standard InChI is InChI=1S/C19H21IO2/c1-11(2)16-9-14(10-17(12(3)4)19(16)22)18(21)13-5-7-15(20)8-6-13/h5-12,22H,1-4H3. The van der Waals surface area contributed by atoms with E-state index in [0.29, 0.717) is 16.9 Å². The first-order valence-electron chi connectivity index (χ1n) is 7.48. The highest BCUT2D eigenvalue weighted by atomic mass is 127. The Labute approximate surface area is 145 Å². The van der Waals surface area contributed by atoms with Gasteiger partial charge in [0.2, 0.25) is 0 Å². The molecule has 0 fully saturated rings. The van der Waals surface area contributed by atoms with Gasteiger partial charge in [0.15, 0.2) is 5.78 Å². The summed E-state index contributed by atoms with van der Waals surface area (Å²) in [7, 11) is 0. The number of hydrogen-bond donors (Lipinski definition) is 1. The summed E-state index contributed by atoms with van der Waals surface area (Å²) in [6.45, 7) is 8.10. The van der Waals surface area contributed by atoms with Gasteiger partial charge >= 0.3 is 0 Å². The van der Waals surface area contributed by atoms with Gasteiger partial charge in [-0.3, -0.25) is 4.79 Å². The van der Waals surface area contributed by atoms with Crippen LogP contribution in [-0.4, -0.2) is 10.9 Å². The van der Waals surface area contributed by atoms with Crippen molar-refractivity contribution in [3.63, 3.8) is 0 Å². The Hall–Kier alpha value is -1.36. The molecular weight excluding hydrogens is 387 g/mol. The molecule has 2 aromatic rings. The summed E-state index contributed by atoms with van der Waals surface area (Å²) < 4.78 is 1.10. The summed E-state index contributed by atoms with van der Waals surface area (Å²) in [5, 5.41) is 10.4. The van der Waals surface area contributed by atoms with Gasteiger partial charge in [-0.2, -0.15) is 0 Å². The van der Waals surface area contributed by atoms with E-state index in [2.05, 4.69) is 22.6 Å². The first-order valence-corrected chi connectivity index (χ1v) is 8.56. The molecule has 0 saturated heterocycles. The second-order valence-electron chi connectivity index (χ2n) is 6.15. The summed E-state index contributed by atoms with van der Waals surface area (Å²) in [4.78, 5) is 12.7. The lowest BCUT2D eigenvalue weighted by Gasteiger charge is -2.17. The molecule has 22 heavy (non-hydrogen) atoms. The molecule has 0 unspecified atom stereocenters.